The number of rotatable bonds is 5. The van der Waals surface area contributed by atoms with Gasteiger partial charge in [-0.3, -0.25) is 9.59 Å². The average molecular weight is 302 g/mol. The monoisotopic (exact) mass is 302 g/mol. The van der Waals surface area contributed by atoms with Crippen molar-refractivity contribution in [3.63, 3.8) is 0 Å². The molecule has 22 heavy (non-hydrogen) atoms. The van der Waals surface area contributed by atoms with Crippen LogP contribution in [0.1, 0.15) is 47.5 Å². The lowest BCUT2D eigenvalue weighted by Crippen LogP contribution is -2.20. The Bertz CT molecular complexity index is 573. The van der Waals surface area contributed by atoms with Gasteiger partial charge in [-0.1, -0.05) is 31.6 Å². The Hall–Kier alpha value is -1.64. The summed E-state index contributed by atoms with van der Waals surface area (Å²) in [5.41, 5.74) is 2.80. The second-order valence-electron chi connectivity index (χ2n) is 7.28. The maximum absolute atomic E-state index is 12.5. The zero-order chi connectivity index (χ0) is 16.7. The van der Waals surface area contributed by atoms with Gasteiger partial charge >= 0.3 is 5.97 Å². The third-order valence-corrected chi connectivity index (χ3v) is 4.95. The van der Waals surface area contributed by atoms with E-state index in [1.807, 2.05) is 20.8 Å². The molecule has 0 heterocycles. The molecule has 0 aromatic heterocycles. The fraction of sp³-hybridized carbons (Fsp3) is 0.579. The van der Waals surface area contributed by atoms with E-state index in [-0.39, 0.29) is 35.4 Å². The molecule has 3 atom stereocenters. The topological polar surface area (TPSA) is 43.4 Å². The lowest BCUT2D eigenvalue weighted by molar-refractivity contribution is -0.150. The van der Waals surface area contributed by atoms with Crippen LogP contribution >= 0.6 is 0 Å². The van der Waals surface area contributed by atoms with Crippen LogP contribution < -0.4 is 0 Å². The predicted molar refractivity (Wildman–Crippen MR) is 87.2 cm³/mol. The summed E-state index contributed by atoms with van der Waals surface area (Å²) in [7, 11) is 0. The number of allylic oxidation sites excluding steroid dienone is 4. The molecule has 0 radical (unpaired) electrons. The number of carbonyl (C=O) groups is 2. The molecule has 0 aromatic rings. The number of ketones is 1. The Kier molecular flexibility index (Phi) is 4.46. The Morgan fingerprint density at radius 2 is 2.05 bits per heavy atom. The van der Waals surface area contributed by atoms with Crippen molar-refractivity contribution in [1.29, 1.82) is 0 Å². The Morgan fingerprint density at radius 1 is 1.41 bits per heavy atom. The molecule has 2 aliphatic rings. The molecule has 3 nitrogen and oxygen atoms in total. The van der Waals surface area contributed by atoms with E-state index >= 15 is 0 Å². The number of esters is 1. The van der Waals surface area contributed by atoms with E-state index in [2.05, 4.69) is 26.5 Å². The Labute approximate surface area is 133 Å². The molecule has 3 heteroatoms. The van der Waals surface area contributed by atoms with E-state index in [1.165, 1.54) is 5.57 Å². The molecule has 1 saturated carbocycles. The van der Waals surface area contributed by atoms with E-state index in [9.17, 15) is 9.59 Å². The van der Waals surface area contributed by atoms with Crippen molar-refractivity contribution >= 4 is 11.8 Å². The van der Waals surface area contributed by atoms with Crippen LogP contribution in [-0.4, -0.2) is 17.9 Å². The molecule has 2 rings (SSSR count). The smallest absolute Gasteiger partial charge is 0.310 e. The molecule has 0 amide bonds. The summed E-state index contributed by atoms with van der Waals surface area (Å²) in [6.07, 6.45) is 4.31. The summed E-state index contributed by atoms with van der Waals surface area (Å²) in [6, 6.07) is 0. The van der Waals surface area contributed by atoms with Gasteiger partial charge < -0.3 is 4.74 Å². The number of Topliss-reactive ketones (excluding diaryl/α,β-unsaturated/α-hetero) is 1. The van der Waals surface area contributed by atoms with Gasteiger partial charge in [0.05, 0.1) is 12.3 Å². The van der Waals surface area contributed by atoms with Crippen molar-refractivity contribution in [2.24, 2.45) is 17.3 Å². The van der Waals surface area contributed by atoms with Crippen LogP contribution in [0.15, 0.2) is 35.5 Å². The minimum absolute atomic E-state index is 0.0570. The number of carbonyl (C=O) groups excluding carboxylic acids is 2. The van der Waals surface area contributed by atoms with Crippen molar-refractivity contribution in [2.45, 2.75) is 53.6 Å². The van der Waals surface area contributed by atoms with Gasteiger partial charge in [0, 0.05) is 5.57 Å². The van der Waals surface area contributed by atoms with Crippen LogP contribution in [0.2, 0.25) is 0 Å². The van der Waals surface area contributed by atoms with Crippen molar-refractivity contribution in [3.8, 4) is 0 Å². The lowest BCUT2D eigenvalue weighted by atomic mass is 10.1. The molecule has 0 aromatic carbocycles. The standard InChI is InChI=1S/C19H26O3/c1-7-8-13-12(4)16(10-15(13)20)22-18(21)17-14(9-11(2)3)19(17,5)6/h7,9,14,16-17H,1,8,10H2,2-6H3/t14-,16?,17-/m0/s1. The first-order valence-electron chi connectivity index (χ1n) is 7.89. The normalized spacial score (nSPS) is 29.3. The highest BCUT2D eigenvalue weighted by molar-refractivity contribution is 6.00. The maximum atomic E-state index is 12.5. The highest BCUT2D eigenvalue weighted by Gasteiger charge is 2.61. The molecule has 0 aliphatic heterocycles. The van der Waals surface area contributed by atoms with Gasteiger partial charge in [-0.2, -0.15) is 0 Å². The zero-order valence-electron chi connectivity index (χ0n) is 14.2. The zero-order valence-corrected chi connectivity index (χ0v) is 14.2. The molecule has 1 unspecified atom stereocenters. The van der Waals surface area contributed by atoms with E-state index in [0.717, 1.165) is 11.1 Å². The molecule has 0 N–H and O–H groups in total. The molecule has 120 valence electrons. The maximum Gasteiger partial charge on any atom is 0.310 e. The van der Waals surface area contributed by atoms with Gasteiger partial charge in [0.25, 0.3) is 0 Å². The summed E-state index contributed by atoms with van der Waals surface area (Å²) < 4.78 is 5.66. The summed E-state index contributed by atoms with van der Waals surface area (Å²) >= 11 is 0. The molecule has 0 saturated heterocycles. The van der Waals surface area contributed by atoms with Crippen LogP contribution in [0.3, 0.4) is 0 Å². The van der Waals surface area contributed by atoms with E-state index < -0.39 is 6.10 Å². The van der Waals surface area contributed by atoms with Gasteiger partial charge in [0.15, 0.2) is 5.78 Å². The molecule has 0 bridgehead atoms. The first kappa shape index (κ1) is 16.7. The van der Waals surface area contributed by atoms with Crippen LogP contribution in [0.4, 0.5) is 0 Å². The SMILES string of the molecule is C=CCC1=C(C)C(OC(=O)[C@@H]2[C@H](C=C(C)C)C2(C)C)CC1=O. The van der Waals surface area contributed by atoms with Crippen molar-refractivity contribution in [3.05, 3.63) is 35.5 Å². The highest BCUT2D eigenvalue weighted by atomic mass is 16.5. The summed E-state index contributed by atoms with van der Waals surface area (Å²) in [6.45, 7) is 13.8. The molecule has 2 aliphatic carbocycles. The molecule has 0 spiro atoms. The average Bonchev–Trinajstić information content (AvgIpc) is 2.83. The highest BCUT2D eigenvalue weighted by Crippen LogP contribution is 2.60. The summed E-state index contributed by atoms with van der Waals surface area (Å²) in [4.78, 5) is 24.5. The van der Waals surface area contributed by atoms with Gasteiger partial charge in [-0.05, 0) is 44.1 Å². The van der Waals surface area contributed by atoms with Crippen molar-refractivity contribution in [2.75, 3.05) is 0 Å². The van der Waals surface area contributed by atoms with Crippen LogP contribution in [-0.2, 0) is 14.3 Å². The lowest BCUT2D eigenvalue weighted by Gasteiger charge is -2.13. The summed E-state index contributed by atoms with van der Waals surface area (Å²) in [5, 5.41) is 0. The number of ether oxygens (including phenoxy) is 1. The second kappa shape index (κ2) is 5.86. The number of hydrogen-bond acceptors (Lipinski definition) is 3. The van der Waals surface area contributed by atoms with E-state index in [0.29, 0.717) is 6.42 Å². The Balaban J connectivity index is 2.07. The minimum atomic E-state index is -0.390. The van der Waals surface area contributed by atoms with Crippen LogP contribution in [0, 0.1) is 17.3 Å². The van der Waals surface area contributed by atoms with Gasteiger partial charge in [0.1, 0.15) is 6.10 Å². The molecule has 1 fully saturated rings. The quantitative estimate of drug-likeness (QED) is 0.569. The van der Waals surface area contributed by atoms with Crippen LogP contribution in [0.25, 0.3) is 0 Å². The summed E-state index contributed by atoms with van der Waals surface area (Å²) in [5.74, 6) is 0.0309. The fourth-order valence-electron chi connectivity index (χ4n) is 3.42. The van der Waals surface area contributed by atoms with E-state index in [1.54, 1.807) is 6.08 Å². The van der Waals surface area contributed by atoms with Gasteiger partial charge in [-0.25, -0.2) is 0 Å². The molecular weight excluding hydrogens is 276 g/mol. The van der Waals surface area contributed by atoms with Crippen LogP contribution in [0.5, 0.6) is 0 Å². The van der Waals surface area contributed by atoms with E-state index in [4.69, 9.17) is 4.74 Å². The second-order valence-corrected chi connectivity index (χ2v) is 7.28. The Morgan fingerprint density at radius 3 is 2.59 bits per heavy atom. The fourth-order valence-corrected chi connectivity index (χ4v) is 3.42. The van der Waals surface area contributed by atoms with Gasteiger partial charge in [-0.15, -0.1) is 6.58 Å². The molecular formula is C19H26O3. The first-order chi connectivity index (χ1) is 10.2. The minimum Gasteiger partial charge on any atom is -0.457 e. The predicted octanol–water partition coefficient (Wildman–Crippen LogP) is 4.00. The number of hydrogen-bond donors (Lipinski definition) is 0. The van der Waals surface area contributed by atoms with Crippen molar-refractivity contribution < 1.29 is 14.3 Å². The third-order valence-electron chi connectivity index (χ3n) is 4.95. The third kappa shape index (κ3) is 2.94. The van der Waals surface area contributed by atoms with Gasteiger partial charge in [0.2, 0.25) is 0 Å². The largest absolute Gasteiger partial charge is 0.457 e. The first-order valence-corrected chi connectivity index (χ1v) is 7.89. The van der Waals surface area contributed by atoms with Crippen molar-refractivity contribution in [1.82, 2.24) is 0 Å².